The van der Waals surface area contributed by atoms with Crippen molar-refractivity contribution >= 4 is 11.9 Å². The fourth-order valence-electron chi connectivity index (χ4n) is 3.21. The summed E-state index contributed by atoms with van der Waals surface area (Å²) in [6.07, 6.45) is 9.21. The summed E-state index contributed by atoms with van der Waals surface area (Å²) in [6.45, 7) is 3.14. The molecule has 7 heteroatoms. The number of hydrogen-bond acceptors (Lipinski definition) is 6. The molecule has 4 rings (SSSR count). The van der Waals surface area contributed by atoms with Crippen molar-refractivity contribution in [2.75, 3.05) is 11.4 Å². The minimum absolute atomic E-state index is 0.264. The Morgan fingerprint density at radius 3 is 2.65 bits per heavy atom. The zero-order chi connectivity index (χ0) is 18.1. The van der Waals surface area contributed by atoms with Gasteiger partial charge < -0.3 is 10.0 Å². The summed E-state index contributed by atoms with van der Waals surface area (Å²) in [7, 11) is 0. The van der Waals surface area contributed by atoms with E-state index < -0.39 is 5.97 Å². The molecule has 0 unspecified atom stereocenters. The largest absolute Gasteiger partial charge is 0.478 e. The molecule has 130 valence electrons. The molecule has 1 aliphatic rings. The van der Waals surface area contributed by atoms with E-state index in [0.29, 0.717) is 36.7 Å². The molecule has 0 atom stereocenters. The zero-order valence-corrected chi connectivity index (χ0v) is 14.3. The normalized spacial score (nSPS) is 13.3. The van der Waals surface area contributed by atoms with Gasteiger partial charge in [0.2, 0.25) is 5.95 Å². The van der Waals surface area contributed by atoms with E-state index in [2.05, 4.69) is 19.9 Å². The molecule has 0 aromatic carbocycles. The number of nitrogens with zero attached hydrogens (tertiary/aromatic N) is 5. The Bertz CT molecular complexity index is 958. The second kappa shape index (κ2) is 6.51. The van der Waals surface area contributed by atoms with E-state index in [1.165, 1.54) is 0 Å². The molecule has 1 aliphatic heterocycles. The van der Waals surface area contributed by atoms with E-state index in [-0.39, 0.29) is 5.56 Å². The fourth-order valence-corrected chi connectivity index (χ4v) is 3.21. The number of fused-ring (bicyclic) bond motifs is 1. The molecule has 0 radical (unpaired) electrons. The second-order valence-electron chi connectivity index (χ2n) is 6.26. The first-order valence-electron chi connectivity index (χ1n) is 8.31. The van der Waals surface area contributed by atoms with Crippen molar-refractivity contribution in [2.24, 2.45) is 0 Å². The van der Waals surface area contributed by atoms with Gasteiger partial charge in [0.05, 0.1) is 11.3 Å². The SMILES string of the molecule is Cc1cnc(N2CCc3c(cnc(-c4cccnc4)c3C(=O)O)C2)nc1. The van der Waals surface area contributed by atoms with Crippen LogP contribution in [0.5, 0.6) is 0 Å². The standard InChI is InChI=1S/C19H17N5O2/c1-12-7-22-19(23-8-12)24-6-4-15-14(11-24)10-21-17(16(15)18(25)26)13-3-2-5-20-9-13/h2-3,5,7-10H,4,6,11H2,1H3,(H,25,26). The van der Waals surface area contributed by atoms with Gasteiger partial charge in [0, 0.05) is 49.6 Å². The molecule has 7 nitrogen and oxygen atoms in total. The van der Waals surface area contributed by atoms with Crippen molar-refractivity contribution in [2.45, 2.75) is 19.9 Å². The number of pyridine rings is 2. The van der Waals surface area contributed by atoms with Crippen LogP contribution in [-0.4, -0.2) is 37.6 Å². The molecule has 0 aliphatic carbocycles. The maximum absolute atomic E-state index is 12.0. The molecular formula is C19H17N5O2. The minimum atomic E-state index is -0.965. The summed E-state index contributed by atoms with van der Waals surface area (Å²) in [5, 5.41) is 9.80. The minimum Gasteiger partial charge on any atom is -0.478 e. The molecule has 0 spiro atoms. The summed E-state index contributed by atoms with van der Waals surface area (Å²) >= 11 is 0. The van der Waals surface area contributed by atoms with Crippen LogP contribution >= 0.6 is 0 Å². The smallest absolute Gasteiger partial charge is 0.338 e. The Morgan fingerprint density at radius 2 is 1.96 bits per heavy atom. The number of carboxylic acids is 1. The van der Waals surface area contributed by atoms with Crippen LogP contribution in [0.3, 0.4) is 0 Å². The molecule has 1 N–H and O–H groups in total. The van der Waals surface area contributed by atoms with E-state index in [4.69, 9.17) is 0 Å². The van der Waals surface area contributed by atoms with Crippen LogP contribution in [-0.2, 0) is 13.0 Å². The molecule has 0 saturated heterocycles. The third-order valence-electron chi connectivity index (χ3n) is 4.47. The van der Waals surface area contributed by atoms with Crippen LogP contribution in [0, 0.1) is 6.92 Å². The van der Waals surface area contributed by atoms with Gasteiger partial charge in [0.1, 0.15) is 0 Å². The predicted octanol–water partition coefficient (Wildman–Crippen LogP) is 2.50. The van der Waals surface area contributed by atoms with Gasteiger partial charge in [0.15, 0.2) is 0 Å². The molecule has 0 fully saturated rings. The highest BCUT2D eigenvalue weighted by molar-refractivity contribution is 5.96. The van der Waals surface area contributed by atoms with Crippen LogP contribution in [0.25, 0.3) is 11.3 Å². The maximum Gasteiger partial charge on any atom is 0.338 e. The summed E-state index contributed by atoms with van der Waals surface area (Å²) in [5.41, 5.74) is 4.16. The second-order valence-corrected chi connectivity index (χ2v) is 6.26. The van der Waals surface area contributed by atoms with Crippen molar-refractivity contribution < 1.29 is 9.90 Å². The van der Waals surface area contributed by atoms with Gasteiger partial charge >= 0.3 is 5.97 Å². The summed E-state index contributed by atoms with van der Waals surface area (Å²) in [5.74, 6) is -0.317. The van der Waals surface area contributed by atoms with Gasteiger partial charge in [-0.2, -0.15) is 0 Å². The van der Waals surface area contributed by atoms with Gasteiger partial charge in [-0.05, 0) is 42.2 Å². The van der Waals surface area contributed by atoms with Crippen LogP contribution in [0.15, 0.2) is 43.1 Å². The van der Waals surface area contributed by atoms with Gasteiger partial charge in [-0.1, -0.05) is 0 Å². The Kier molecular flexibility index (Phi) is 4.04. The van der Waals surface area contributed by atoms with Crippen LogP contribution < -0.4 is 4.90 Å². The first-order chi connectivity index (χ1) is 12.6. The number of anilines is 1. The van der Waals surface area contributed by atoms with Crippen molar-refractivity contribution in [3.05, 3.63) is 65.4 Å². The predicted molar refractivity (Wildman–Crippen MR) is 96.0 cm³/mol. The lowest BCUT2D eigenvalue weighted by Gasteiger charge is -2.30. The van der Waals surface area contributed by atoms with E-state index in [1.807, 2.05) is 17.9 Å². The van der Waals surface area contributed by atoms with Crippen molar-refractivity contribution in [3.8, 4) is 11.3 Å². The lowest BCUT2D eigenvalue weighted by atomic mass is 9.93. The Morgan fingerprint density at radius 1 is 1.15 bits per heavy atom. The van der Waals surface area contributed by atoms with Gasteiger partial charge in [-0.15, -0.1) is 0 Å². The number of rotatable bonds is 3. The third kappa shape index (κ3) is 2.88. The number of aromatic carboxylic acids is 1. The van der Waals surface area contributed by atoms with Gasteiger partial charge in [0.25, 0.3) is 0 Å². The first-order valence-corrected chi connectivity index (χ1v) is 8.31. The highest BCUT2D eigenvalue weighted by Gasteiger charge is 2.26. The third-order valence-corrected chi connectivity index (χ3v) is 4.47. The molecule has 4 heterocycles. The monoisotopic (exact) mass is 347 g/mol. The average molecular weight is 347 g/mol. The number of aromatic nitrogens is 4. The highest BCUT2D eigenvalue weighted by Crippen LogP contribution is 2.30. The first kappa shape index (κ1) is 16.1. The molecule has 0 bridgehead atoms. The zero-order valence-electron chi connectivity index (χ0n) is 14.3. The van der Waals surface area contributed by atoms with Crippen LogP contribution in [0.4, 0.5) is 5.95 Å². The van der Waals surface area contributed by atoms with Gasteiger partial charge in [-0.25, -0.2) is 14.8 Å². The van der Waals surface area contributed by atoms with Crippen molar-refractivity contribution in [1.82, 2.24) is 19.9 Å². The van der Waals surface area contributed by atoms with Gasteiger partial charge in [-0.3, -0.25) is 9.97 Å². The Labute approximate surface area is 150 Å². The highest BCUT2D eigenvalue weighted by atomic mass is 16.4. The lowest BCUT2D eigenvalue weighted by molar-refractivity contribution is 0.0696. The molecular weight excluding hydrogens is 330 g/mol. The van der Waals surface area contributed by atoms with Crippen molar-refractivity contribution in [3.63, 3.8) is 0 Å². The number of hydrogen-bond donors (Lipinski definition) is 1. The molecule has 0 saturated carbocycles. The topological polar surface area (TPSA) is 92.1 Å². The van der Waals surface area contributed by atoms with E-state index >= 15 is 0 Å². The lowest BCUT2D eigenvalue weighted by Crippen LogP contribution is -2.33. The Balaban J connectivity index is 1.74. The quantitative estimate of drug-likeness (QED) is 0.778. The number of aryl methyl sites for hydroxylation is 1. The average Bonchev–Trinajstić information content (AvgIpc) is 2.67. The fraction of sp³-hybridized carbons (Fsp3) is 0.211. The summed E-state index contributed by atoms with van der Waals surface area (Å²) < 4.78 is 0. The number of carboxylic acid groups (broad SMARTS) is 1. The van der Waals surface area contributed by atoms with E-state index in [0.717, 1.165) is 16.7 Å². The van der Waals surface area contributed by atoms with E-state index in [1.54, 1.807) is 37.1 Å². The summed E-state index contributed by atoms with van der Waals surface area (Å²) in [6, 6.07) is 3.60. The Hall–Kier alpha value is -3.35. The molecule has 3 aromatic rings. The van der Waals surface area contributed by atoms with E-state index in [9.17, 15) is 9.90 Å². The number of carbonyl (C=O) groups is 1. The van der Waals surface area contributed by atoms with Crippen LogP contribution in [0.1, 0.15) is 27.0 Å². The summed E-state index contributed by atoms with van der Waals surface area (Å²) in [4.78, 5) is 31.2. The molecule has 0 amide bonds. The molecule has 3 aromatic heterocycles. The van der Waals surface area contributed by atoms with Crippen molar-refractivity contribution in [1.29, 1.82) is 0 Å². The molecule has 26 heavy (non-hydrogen) atoms. The maximum atomic E-state index is 12.0. The van der Waals surface area contributed by atoms with Crippen LogP contribution in [0.2, 0.25) is 0 Å².